The number of nitrogens with zero attached hydrogens (tertiary/aromatic N) is 2. The molecule has 124 valence electrons. The quantitative estimate of drug-likeness (QED) is 0.767. The largest absolute Gasteiger partial charge is 0.275 e. The minimum atomic E-state index is -0.0509. The molecule has 2 rings (SSSR count). The average molecular weight is 305 g/mol. The number of unbranched alkanes of at least 4 members (excludes halogenated alkanes) is 1. The van der Waals surface area contributed by atoms with Gasteiger partial charge in [0, 0.05) is 5.28 Å². The lowest BCUT2D eigenvalue weighted by molar-refractivity contribution is -0.165. The summed E-state index contributed by atoms with van der Waals surface area (Å²) >= 11 is 0. The first-order chi connectivity index (χ1) is 10.5. The molecule has 0 aromatic heterocycles. The van der Waals surface area contributed by atoms with E-state index in [2.05, 4.69) is 63.3 Å². The lowest BCUT2D eigenvalue weighted by atomic mass is 10.0. The van der Waals surface area contributed by atoms with Gasteiger partial charge >= 0.3 is 0 Å². The van der Waals surface area contributed by atoms with E-state index >= 15 is 0 Å². The van der Waals surface area contributed by atoms with Crippen LogP contribution in [0.3, 0.4) is 0 Å². The molecule has 1 aliphatic heterocycles. The molecule has 0 saturated heterocycles. The van der Waals surface area contributed by atoms with Gasteiger partial charge in [0.25, 0.3) is 0 Å². The SMILES string of the molecule is CCCCC(CC)CON1Nc2ccccc2N1C(C)(C)C. The Kier molecular flexibility index (Phi) is 5.70. The van der Waals surface area contributed by atoms with Crippen molar-refractivity contribution < 1.29 is 4.84 Å². The molecule has 0 bridgehead atoms. The Bertz CT molecular complexity index is 470. The van der Waals surface area contributed by atoms with Crippen LogP contribution in [-0.2, 0) is 4.84 Å². The van der Waals surface area contributed by atoms with E-state index < -0.39 is 0 Å². The predicted molar refractivity (Wildman–Crippen MR) is 93.4 cm³/mol. The molecule has 0 aliphatic carbocycles. The maximum atomic E-state index is 6.12. The van der Waals surface area contributed by atoms with Crippen LogP contribution >= 0.6 is 0 Å². The van der Waals surface area contributed by atoms with E-state index in [-0.39, 0.29) is 5.54 Å². The van der Waals surface area contributed by atoms with Crippen LogP contribution in [0.25, 0.3) is 0 Å². The van der Waals surface area contributed by atoms with Gasteiger partial charge in [-0.25, -0.2) is 0 Å². The first-order valence-electron chi connectivity index (χ1n) is 8.56. The molecule has 1 atom stereocenters. The summed E-state index contributed by atoms with van der Waals surface area (Å²) in [5.41, 5.74) is 5.57. The van der Waals surface area contributed by atoms with Gasteiger partial charge in [-0.05, 0) is 45.2 Å². The Morgan fingerprint density at radius 2 is 1.91 bits per heavy atom. The molecule has 1 N–H and O–H groups in total. The highest BCUT2D eigenvalue weighted by Crippen LogP contribution is 2.38. The molecular weight excluding hydrogens is 274 g/mol. The first kappa shape index (κ1) is 17.1. The van der Waals surface area contributed by atoms with Gasteiger partial charge in [-0.15, -0.1) is 0 Å². The fraction of sp³-hybridized carbons (Fsp3) is 0.667. The van der Waals surface area contributed by atoms with Gasteiger partial charge in [-0.1, -0.05) is 45.2 Å². The fourth-order valence-corrected chi connectivity index (χ4v) is 2.80. The highest BCUT2D eigenvalue weighted by Gasteiger charge is 2.36. The Balaban J connectivity index is 2.04. The number of rotatable bonds is 7. The van der Waals surface area contributed by atoms with Crippen LogP contribution in [0.15, 0.2) is 24.3 Å². The zero-order valence-electron chi connectivity index (χ0n) is 14.7. The van der Waals surface area contributed by atoms with Crippen LogP contribution in [0, 0.1) is 5.92 Å². The summed E-state index contributed by atoms with van der Waals surface area (Å²) in [7, 11) is 0. The van der Waals surface area contributed by atoms with Crippen LogP contribution in [0.5, 0.6) is 0 Å². The van der Waals surface area contributed by atoms with Crippen molar-refractivity contribution in [1.29, 1.82) is 0 Å². The topological polar surface area (TPSA) is 27.7 Å². The Labute approximate surface area is 135 Å². The summed E-state index contributed by atoms with van der Waals surface area (Å²) in [6.07, 6.45) is 4.93. The van der Waals surface area contributed by atoms with E-state index in [1.54, 1.807) is 0 Å². The molecule has 1 unspecified atom stereocenters. The monoisotopic (exact) mass is 305 g/mol. The molecule has 4 nitrogen and oxygen atoms in total. The predicted octanol–water partition coefficient (Wildman–Crippen LogP) is 5.00. The van der Waals surface area contributed by atoms with E-state index in [1.165, 1.54) is 19.3 Å². The minimum absolute atomic E-state index is 0.0509. The summed E-state index contributed by atoms with van der Waals surface area (Å²) in [6.45, 7) is 11.8. The van der Waals surface area contributed by atoms with Gasteiger partial charge in [0.1, 0.15) is 0 Å². The summed E-state index contributed by atoms with van der Waals surface area (Å²) < 4.78 is 0. The van der Waals surface area contributed by atoms with Gasteiger partial charge < -0.3 is 0 Å². The van der Waals surface area contributed by atoms with Crippen LogP contribution < -0.4 is 10.4 Å². The van der Waals surface area contributed by atoms with Gasteiger partial charge in [-0.2, -0.15) is 0 Å². The van der Waals surface area contributed by atoms with Crippen molar-refractivity contribution in [3.05, 3.63) is 24.3 Å². The number of benzene rings is 1. The summed E-state index contributed by atoms with van der Waals surface area (Å²) in [5.74, 6) is 0.618. The lowest BCUT2D eigenvalue weighted by Gasteiger charge is -2.38. The minimum Gasteiger partial charge on any atom is -0.275 e. The first-order valence-corrected chi connectivity index (χ1v) is 8.56. The van der Waals surface area contributed by atoms with E-state index in [0.717, 1.165) is 24.4 Å². The summed E-state index contributed by atoms with van der Waals surface area (Å²) in [6, 6.07) is 8.34. The van der Waals surface area contributed by atoms with Crippen LogP contribution in [-0.4, -0.2) is 17.4 Å². The summed E-state index contributed by atoms with van der Waals surface area (Å²) in [5, 5.41) is 4.01. The molecule has 0 fully saturated rings. The third kappa shape index (κ3) is 3.93. The van der Waals surface area contributed by atoms with Crippen LogP contribution in [0.2, 0.25) is 0 Å². The van der Waals surface area contributed by atoms with E-state index in [0.29, 0.717) is 5.92 Å². The Morgan fingerprint density at radius 3 is 2.55 bits per heavy atom. The number of hydrazine groups is 2. The third-order valence-corrected chi connectivity index (χ3v) is 4.14. The van der Waals surface area contributed by atoms with Gasteiger partial charge in [0.2, 0.25) is 0 Å². The normalized spacial score (nSPS) is 16.5. The van der Waals surface area contributed by atoms with Crippen molar-refractivity contribution in [1.82, 2.24) is 5.28 Å². The number of nitrogens with one attached hydrogen (secondary N) is 1. The molecule has 0 amide bonds. The van der Waals surface area contributed by atoms with Crippen molar-refractivity contribution >= 4 is 11.4 Å². The molecule has 1 aromatic rings. The number of anilines is 2. The van der Waals surface area contributed by atoms with Crippen molar-refractivity contribution in [2.75, 3.05) is 17.0 Å². The number of para-hydroxylation sites is 2. The molecule has 0 radical (unpaired) electrons. The smallest absolute Gasteiger partial charge is 0.0815 e. The molecule has 1 aromatic carbocycles. The van der Waals surface area contributed by atoms with E-state index in [1.807, 2.05) is 11.3 Å². The maximum Gasteiger partial charge on any atom is 0.0815 e. The number of fused-ring (bicyclic) bond motifs is 1. The maximum absolute atomic E-state index is 6.12. The Morgan fingerprint density at radius 1 is 1.18 bits per heavy atom. The number of hydrogen-bond acceptors (Lipinski definition) is 4. The van der Waals surface area contributed by atoms with Crippen molar-refractivity contribution in [2.24, 2.45) is 5.92 Å². The average Bonchev–Trinajstić information content (AvgIpc) is 2.85. The second-order valence-electron chi connectivity index (χ2n) is 7.10. The van der Waals surface area contributed by atoms with Crippen LogP contribution in [0.1, 0.15) is 60.3 Å². The Hall–Kier alpha value is -1.26. The van der Waals surface area contributed by atoms with Gasteiger partial charge in [0.15, 0.2) is 0 Å². The molecule has 22 heavy (non-hydrogen) atoms. The standard InChI is InChI=1S/C18H31N3O/c1-6-8-11-15(7-2)14-22-21-19-16-12-9-10-13-17(16)20(21)18(3,4)5/h9-10,12-13,15,19H,6-8,11,14H2,1-5H3. The van der Waals surface area contributed by atoms with Crippen molar-refractivity contribution in [2.45, 2.75) is 65.8 Å². The fourth-order valence-electron chi connectivity index (χ4n) is 2.80. The molecule has 1 aliphatic rings. The number of hydrogen-bond donors (Lipinski definition) is 1. The molecule has 0 spiro atoms. The second-order valence-corrected chi connectivity index (χ2v) is 7.10. The van der Waals surface area contributed by atoms with Gasteiger partial charge in [0.05, 0.1) is 23.5 Å². The van der Waals surface area contributed by atoms with Crippen LogP contribution in [0.4, 0.5) is 11.4 Å². The molecule has 4 heteroatoms. The molecule has 0 saturated carbocycles. The van der Waals surface area contributed by atoms with Crippen molar-refractivity contribution in [3.8, 4) is 0 Å². The zero-order chi connectivity index (χ0) is 16.2. The van der Waals surface area contributed by atoms with Crippen molar-refractivity contribution in [3.63, 3.8) is 0 Å². The molecule has 1 heterocycles. The van der Waals surface area contributed by atoms with E-state index in [9.17, 15) is 0 Å². The third-order valence-electron chi connectivity index (χ3n) is 4.14. The van der Waals surface area contributed by atoms with E-state index in [4.69, 9.17) is 4.84 Å². The molecular formula is C18H31N3O. The lowest BCUT2D eigenvalue weighted by Crippen LogP contribution is -2.52. The zero-order valence-corrected chi connectivity index (χ0v) is 14.7. The summed E-state index contributed by atoms with van der Waals surface area (Å²) in [4.78, 5) is 6.12. The highest BCUT2D eigenvalue weighted by atomic mass is 16.8. The second kappa shape index (κ2) is 7.34. The van der Waals surface area contributed by atoms with Gasteiger partial charge in [-0.3, -0.25) is 15.3 Å². The highest BCUT2D eigenvalue weighted by molar-refractivity contribution is 5.73.